The third-order valence-electron chi connectivity index (χ3n) is 5.30. The second-order valence-electron chi connectivity index (χ2n) is 7.22. The Labute approximate surface area is 171 Å². The molecule has 30 heavy (non-hydrogen) atoms. The van der Waals surface area contributed by atoms with E-state index in [1.54, 1.807) is 0 Å². The molecule has 0 bridgehead atoms. The van der Waals surface area contributed by atoms with Crippen molar-refractivity contribution in [2.75, 3.05) is 19.6 Å². The zero-order valence-corrected chi connectivity index (χ0v) is 15.9. The molecule has 2 aromatic rings. The van der Waals surface area contributed by atoms with Gasteiger partial charge in [0.15, 0.2) is 0 Å². The molecule has 0 N–H and O–H groups in total. The lowest BCUT2D eigenvalue weighted by Crippen LogP contribution is -2.55. The first-order valence-electron chi connectivity index (χ1n) is 9.50. The van der Waals surface area contributed by atoms with Crippen LogP contribution in [0.2, 0.25) is 0 Å². The summed E-state index contributed by atoms with van der Waals surface area (Å²) in [6.07, 6.45) is -1.11. The Morgan fingerprint density at radius 2 is 1.83 bits per heavy atom. The fraction of sp³-hybridized carbons (Fsp3) is 0.273. The molecular formula is C22H19F3N2O3. The number of benzene rings is 2. The summed E-state index contributed by atoms with van der Waals surface area (Å²) in [7, 11) is 0. The third-order valence-corrected chi connectivity index (χ3v) is 5.30. The molecule has 1 fully saturated rings. The second kappa shape index (κ2) is 7.85. The van der Waals surface area contributed by atoms with Gasteiger partial charge in [-0.15, -0.1) is 13.2 Å². The van der Waals surface area contributed by atoms with Crippen LogP contribution in [0.3, 0.4) is 0 Å². The number of hydrogen-bond acceptors (Lipinski definition) is 3. The molecule has 1 unspecified atom stereocenters. The van der Waals surface area contributed by atoms with Gasteiger partial charge in [-0.3, -0.25) is 9.59 Å². The fourth-order valence-corrected chi connectivity index (χ4v) is 3.90. The normalized spacial score (nSPS) is 18.9. The van der Waals surface area contributed by atoms with Gasteiger partial charge < -0.3 is 14.5 Å². The molecule has 0 spiro atoms. The molecule has 0 aromatic heterocycles. The summed E-state index contributed by atoms with van der Waals surface area (Å²) < 4.78 is 40.5. The third kappa shape index (κ3) is 4.32. The fourth-order valence-electron chi connectivity index (χ4n) is 3.90. The standard InChI is InChI=1S/C22H19F3N2O3/c23-22(24,25)30-17-8-5-15(6-9-17)7-10-20(28)26-13-19-18-4-2-1-3-16(18)11-12-27(19)21(29)14-26/h1-10,19H,11-14H2/b10-7+. The highest BCUT2D eigenvalue weighted by atomic mass is 19.4. The van der Waals surface area contributed by atoms with Crippen LogP contribution in [-0.2, 0) is 16.0 Å². The van der Waals surface area contributed by atoms with Gasteiger partial charge in [0.25, 0.3) is 0 Å². The summed E-state index contributed by atoms with van der Waals surface area (Å²) >= 11 is 0. The predicted molar refractivity (Wildman–Crippen MR) is 103 cm³/mol. The molecule has 8 heteroatoms. The van der Waals surface area contributed by atoms with E-state index >= 15 is 0 Å². The van der Waals surface area contributed by atoms with E-state index in [1.807, 2.05) is 29.2 Å². The van der Waals surface area contributed by atoms with Crippen LogP contribution in [0.4, 0.5) is 13.2 Å². The Morgan fingerprint density at radius 1 is 1.10 bits per heavy atom. The lowest BCUT2D eigenvalue weighted by Gasteiger charge is -2.44. The van der Waals surface area contributed by atoms with Crippen LogP contribution in [0.1, 0.15) is 22.7 Å². The van der Waals surface area contributed by atoms with Crippen molar-refractivity contribution >= 4 is 17.9 Å². The van der Waals surface area contributed by atoms with Crippen LogP contribution in [-0.4, -0.2) is 47.6 Å². The van der Waals surface area contributed by atoms with Crippen LogP contribution in [0, 0.1) is 0 Å². The average Bonchev–Trinajstić information content (AvgIpc) is 2.71. The van der Waals surface area contributed by atoms with Crippen LogP contribution >= 0.6 is 0 Å². The van der Waals surface area contributed by atoms with E-state index in [2.05, 4.69) is 4.74 Å². The van der Waals surface area contributed by atoms with Crippen molar-refractivity contribution in [3.8, 4) is 5.75 Å². The highest BCUT2D eigenvalue weighted by Gasteiger charge is 2.37. The molecule has 2 heterocycles. The molecule has 1 atom stereocenters. The minimum Gasteiger partial charge on any atom is -0.406 e. The number of alkyl halides is 3. The molecule has 0 radical (unpaired) electrons. The van der Waals surface area contributed by atoms with Gasteiger partial charge in [-0.1, -0.05) is 36.4 Å². The Morgan fingerprint density at radius 3 is 2.57 bits per heavy atom. The zero-order chi connectivity index (χ0) is 21.3. The van der Waals surface area contributed by atoms with Crippen LogP contribution in [0.25, 0.3) is 6.08 Å². The maximum Gasteiger partial charge on any atom is 0.573 e. The summed E-state index contributed by atoms with van der Waals surface area (Å²) in [6.45, 7) is 1.06. The Balaban J connectivity index is 1.45. The first-order valence-corrected chi connectivity index (χ1v) is 9.50. The average molecular weight is 416 g/mol. The molecule has 2 aliphatic rings. The molecule has 5 nitrogen and oxygen atoms in total. The highest BCUT2D eigenvalue weighted by molar-refractivity contribution is 5.95. The SMILES string of the molecule is O=C(/C=C/c1ccc(OC(F)(F)F)cc1)N1CC(=O)N2CCc3ccccc3C2C1. The minimum atomic E-state index is -4.75. The van der Waals surface area contributed by atoms with Crippen LogP contribution in [0.5, 0.6) is 5.75 Å². The van der Waals surface area contributed by atoms with Crippen molar-refractivity contribution in [2.24, 2.45) is 0 Å². The van der Waals surface area contributed by atoms with Gasteiger partial charge in [-0.05, 0) is 41.3 Å². The molecule has 1 saturated heterocycles. The Hall–Kier alpha value is -3.29. The van der Waals surface area contributed by atoms with E-state index in [0.29, 0.717) is 18.7 Å². The monoisotopic (exact) mass is 416 g/mol. The Kier molecular flexibility index (Phi) is 5.24. The number of halogens is 3. The largest absolute Gasteiger partial charge is 0.573 e. The van der Waals surface area contributed by atoms with Gasteiger partial charge in [0, 0.05) is 19.2 Å². The summed E-state index contributed by atoms with van der Waals surface area (Å²) in [4.78, 5) is 28.6. The lowest BCUT2D eigenvalue weighted by atomic mass is 9.91. The van der Waals surface area contributed by atoms with Crippen molar-refractivity contribution in [3.05, 3.63) is 71.3 Å². The Bertz CT molecular complexity index is 986. The number of piperazine rings is 1. The number of hydrogen-bond donors (Lipinski definition) is 0. The van der Waals surface area contributed by atoms with E-state index in [9.17, 15) is 22.8 Å². The molecule has 156 valence electrons. The summed E-state index contributed by atoms with van der Waals surface area (Å²) in [5, 5.41) is 0. The predicted octanol–water partition coefficient (Wildman–Crippen LogP) is 3.57. The summed E-state index contributed by atoms with van der Waals surface area (Å²) in [5.74, 6) is -0.735. The summed E-state index contributed by atoms with van der Waals surface area (Å²) in [6, 6.07) is 13.0. The number of carbonyl (C=O) groups excluding carboxylic acids is 2. The smallest absolute Gasteiger partial charge is 0.406 e. The van der Waals surface area contributed by atoms with Gasteiger partial charge in [0.2, 0.25) is 11.8 Å². The molecular weight excluding hydrogens is 397 g/mol. The van der Waals surface area contributed by atoms with Gasteiger partial charge in [-0.25, -0.2) is 0 Å². The number of rotatable bonds is 3. The van der Waals surface area contributed by atoms with Crippen molar-refractivity contribution in [2.45, 2.75) is 18.8 Å². The lowest BCUT2D eigenvalue weighted by molar-refractivity contribution is -0.274. The van der Waals surface area contributed by atoms with Crippen molar-refractivity contribution in [1.29, 1.82) is 0 Å². The second-order valence-corrected chi connectivity index (χ2v) is 7.22. The van der Waals surface area contributed by atoms with Gasteiger partial charge in [0.05, 0.1) is 6.04 Å². The molecule has 2 amide bonds. The van der Waals surface area contributed by atoms with E-state index in [1.165, 1.54) is 46.9 Å². The zero-order valence-electron chi connectivity index (χ0n) is 15.9. The molecule has 2 aliphatic heterocycles. The van der Waals surface area contributed by atoms with Crippen molar-refractivity contribution < 1.29 is 27.5 Å². The van der Waals surface area contributed by atoms with Crippen molar-refractivity contribution in [1.82, 2.24) is 9.80 Å². The molecule has 2 aromatic carbocycles. The van der Waals surface area contributed by atoms with E-state index < -0.39 is 6.36 Å². The van der Waals surface area contributed by atoms with Gasteiger partial charge >= 0.3 is 6.36 Å². The number of fused-ring (bicyclic) bond motifs is 3. The number of ether oxygens (including phenoxy) is 1. The first kappa shape index (κ1) is 20.0. The van der Waals surface area contributed by atoms with Gasteiger partial charge in [-0.2, -0.15) is 0 Å². The van der Waals surface area contributed by atoms with E-state index in [4.69, 9.17) is 0 Å². The number of amides is 2. The van der Waals surface area contributed by atoms with Gasteiger partial charge in [0.1, 0.15) is 12.3 Å². The molecule has 4 rings (SSSR count). The number of nitrogens with zero attached hydrogens (tertiary/aromatic N) is 2. The molecule has 0 aliphatic carbocycles. The van der Waals surface area contributed by atoms with Crippen LogP contribution < -0.4 is 4.74 Å². The summed E-state index contributed by atoms with van der Waals surface area (Å²) in [5.41, 5.74) is 2.81. The number of carbonyl (C=O) groups is 2. The van der Waals surface area contributed by atoms with Crippen LogP contribution in [0.15, 0.2) is 54.6 Å². The van der Waals surface area contributed by atoms with E-state index in [0.717, 1.165) is 12.0 Å². The highest BCUT2D eigenvalue weighted by Crippen LogP contribution is 2.33. The quantitative estimate of drug-likeness (QED) is 0.719. The maximum absolute atomic E-state index is 12.7. The minimum absolute atomic E-state index is 0.0141. The van der Waals surface area contributed by atoms with E-state index in [-0.39, 0.29) is 30.2 Å². The van der Waals surface area contributed by atoms with Crippen molar-refractivity contribution in [3.63, 3.8) is 0 Å². The maximum atomic E-state index is 12.7. The first-order chi connectivity index (χ1) is 14.3. The topological polar surface area (TPSA) is 49.9 Å². The molecule has 0 saturated carbocycles.